The van der Waals surface area contributed by atoms with Crippen molar-refractivity contribution in [1.29, 1.82) is 0 Å². The normalized spacial score (nSPS) is 12.1. The minimum Gasteiger partial charge on any atom is -0.376 e. The maximum Gasteiger partial charge on any atom is 0.0731 e. The zero-order chi connectivity index (χ0) is 14.7. The molecular formula is C18H19N3. The van der Waals surface area contributed by atoms with Gasteiger partial charge in [0.15, 0.2) is 0 Å². The average Bonchev–Trinajstić information content (AvgIpc) is 2.93. The molecule has 3 aromatic rings. The second-order valence-electron chi connectivity index (χ2n) is 5.26. The van der Waals surface area contributed by atoms with Gasteiger partial charge < -0.3 is 5.32 Å². The number of anilines is 1. The Hall–Kier alpha value is -2.55. The molecule has 3 heteroatoms. The number of aryl methyl sites for hydroxylation is 1. The molecule has 0 saturated heterocycles. The molecule has 1 N–H and O–H groups in total. The number of hydrogen-bond acceptors (Lipinski definition) is 2. The van der Waals surface area contributed by atoms with Crippen molar-refractivity contribution >= 4 is 5.69 Å². The fourth-order valence-electron chi connectivity index (χ4n) is 2.42. The minimum atomic E-state index is 0.249. The van der Waals surface area contributed by atoms with Crippen molar-refractivity contribution in [3.8, 4) is 11.1 Å². The van der Waals surface area contributed by atoms with Crippen molar-refractivity contribution in [3.63, 3.8) is 0 Å². The van der Waals surface area contributed by atoms with E-state index in [-0.39, 0.29) is 6.04 Å². The lowest BCUT2D eigenvalue weighted by Gasteiger charge is -2.14. The molecule has 0 bridgehead atoms. The van der Waals surface area contributed by atoms with Gasteiger partial charge in [-0.25, -0.2) is 0 Å². The van der Waals surface area contributed by atoms with Crippen molar-refractivity contribution in [2.24, 2.45) is 7.05 Å². The zero-order valence-electron chi connectivity index (χ0n) is 12.3. The van der Waals surface area contributed by atoms with E-state index in [1.54, 1.807) is 4.68 Å². The molecule has 0 radical (unpaired) electrons. The lowest BCUT2D eigenvalue weighted by atomic mass is 10.0. The van der Waals surface area contributed by atoms with Crippen LogP contribution >= 0.6 is 0 Å². The van der Waals surface area contributed by atoms with E-state index in [2.05, 4.69) is 65.9 Å². The number of hydrogen-bond donors (Lipinski definition) is 1. The third-order valence-electron chi connectivity index (χ3n) is 3.61. The molecule has 1 atom stereocenters. The highest BCUT2D eigenvalue weighted by Gasteiger charge is 2.06. The number of benzene rings is 2. The summed E-state index contributed by atoms with van der Waals surface area (Å²) in [5.74, 6) is 0. The Morgan fingerprint density at radius 1 is 0.952 bits per heavy atom. The largest absolute Gasteiger partial charge is 0.376 e. The molecule has 0 fully saturated rings. The second-order valence-corrected chi connectivity index (χ2v) is 5.26. The zero-order valence-corrected chi connectivity index (χ0v) is 12.3. The summed E-state index contributed by atoms with van der Waals surface area (Å²) in [5.41, 5.74) is 4.79. The van der Waals surface area contributed by atoms with Gasteiger partial charge >= 0.3 is 0 Å². The highest BCUT2D eigenvalue weighted by molar-refractivity contribution is 5.63. The lowest BCUT2D eigenvalue weighted by Crippen LogP contribution is -2.05. The topological polar surface area (TPSA) is 29.9 Å². The summed E-state index contributed by atoms with van der Waals surface area (Å²) in [6.45, 7) is 2.16. The van der Waals surface area contributed by atoms with Crippen LogP contribution in [-0.2, 0) is 7.05 Å². The summed E-state index contributed by atoms with van der Waals surface area (Å²) in [4.78, 5) is 0. The van der Waals surface area contributed by atoms with E-state index in [9.17, 15) is 0 Å². The van der Waals surface area contributed by atoms with Crippen LogP contribution in [0.4, 0.5) is 5.69 Å². The van der Waals surface area contributed by atoms with Gasteiger partial charge in [0.1, 0.15) is 0 Å². The SMILES string of the molecule is CC(Nc1cnn(C)c1)c1ccc(-c2ccccc2)cc1. The Morgan fingerprint density at radius 3 is 2.24 bits per heavy atom. The van der Waals surface area contributed by atoms with E-state index in [4.69, 9.17) is 0 Å². The summed E-state index contributed by atoms with van der Waals surface area (Å²) in [6.07, 6.45) is 3.82. The van der Waals surface area contributed by atoms with E-state index in [1.807, 2.05) is 25.5 Å². The van der Waals surface area contributed by atoms with Crippen LogP contribution in [0.15, 0.2) is 67.0 Å². The van der Waals surface area contributed by atoms with E-state index < -0.39 is 0 Å². The summed E-state index contributed by atoms with van der Waals surface area (Å²) in [5, 5.41) is 7.63. The van der Waals surface area contributed by atoms with Gasteiger partial charge in [-0.05, 0) is 23.6 Å². The van der Waals surface area contributed by atoms with Gasteiger partial charge in [-0.15, -0.1) is 0 Å². The Bertz CT molecular complexity index is 699. The molecule has 3 nitrogen and oxygen atoms in total. The van der Waals surface area contributed by atoms with Crippen LogP contribution < -0.4 is 5.32 Å². The molecule has 3 rings (SSSR count). The molecule has 2 aromatic carbocycles. The summed E-state index contributed by atoms with van der Waals surface area (Å²) >= 11 is 0. The van der Waals surface area contributed by atoms with Crippen LogP contribution in [0.3, 0.4) is 0 Å². The highest BCUT2D eigenvalue weighted by atomic mass is 15.3. The van der Waals surface area contributed by atoms with Crippen LogP contribution in [-0.4, -0.2) is 9.78 Å². The molecule has 106 valence electrons. The van der Waals surface area contributed by atoms with Crippen LogP contribution in [0.25, 0.3) is 11.1 Å². The highest BCUT2D eigenvalue weighted by Crippen LogP contribution is 2.23. The molecule has 0 spiro atoms. The third-order valence-corrected chi connectivity index (χ3v) is 3.61. The van der Waals surface area contributed by atoms with Crippen LogP contribution in [0.1, 0.15) is 18.5 Å². The Kier molecular flexibility index (Phi) is 3.73. The number of nitrogens with one attached hydrogen (secondary N) is 1. The minimum absolute atomic E-state index is 0.249. The first-order valence-electron chi connectivity index (χ1n) is 7.13. The smallest absolute Gasteiger partial charge is 0.0731 e. The van der Waals surface area contributed by atoms with Crippen LogP contribution in [0.5, 0.6) is 0 Å². The quantitative estimate of drug-likeness (QED) is 0.772. The predicted molar refractivity (Wildman–Crippen MR) is 87.1 cm³/mol. The monoisotopic (exact) mass is 277 g/mol. The second kappa shape index (κ2) is 5.83. The molecule has 1 aromatic heterocycles. The maximum atomic E-state index is 4.17. The molecule has 1 heterocycles. The van der Waals surface area contributed by atoms with Gasteiger partial charge in [0, 0.05) is 19.3 Å². The average molecular weight is 277 g/mol. The molecule has 0 aliphatic heterocycles. The fourth-order valence-corrected chi connectivity index (χ4v) is 2.42. The van der Waals surface area contributed by atoms with Gasteiger partial charge in [0.2, 0.25) is 0 Å². The summed E-state index contributed by atoms with van der Waals surface area (Å²) < 4.78 is 1.80. The third kappa shape index (κ3) is 3.14. The van der Waals surface area contributed by atoms with Gasteiger partial charge in [-0.2, -0.15) is 5.10 Å². The number of aromatic nitrogens is 2. The first-order valence-corrected chi connectivity index (χ1v) is 7.13. The van der Waals surface area contributed by atoms with Crippen molar-refractivity contribution in [3.05, 3.63) is 72.6 Å². The van der Waals surface area contributed by atoms with E-state index in [0.29, 0.717) is 0 Å². The standard InChI is InChI=1S/C18H19N3/c1-14(20-18-12-19-21(2)13-18)15-8-10-17(11-9-15)16-6-4-3-5-7-16/h3-14,20H,1-2H3. The number of nitrogens with zero attached hydrogens (tertiary/aromatic N) is 2. The Balaban J connectivity index is 1.74. The number of rotatable bonds is 4. The van der Waals surface area contributed by atoms with Crippen molar-refractivity contribution in [1.82, 2.24) is 9.78 Å². The summed E-state index contributed by atoms with van der Waals surface area (Å²) in [7, 11) is 1.92. The molecule has 0 aliphatic rings. The maximum absolute atomic E-state index is 4.17. The van der Waals surface area contributed by atoms with E-state index in [1.165, 1.54) is 16.7 Å². The van der Waals surface area contributed by atoms with Gasteiger partial charge in [0.05, 0.1) is 11.9 Å². The van der Waals surface area contributed by atoms with Crippen molar-refractivity contribution < 1.29 is 0 Å². The van der Waals surface area contributed by atoms with Crippen molar-refractivity contribution in [2.75, 3.05) is 5.32 Å². The van der Waals surface area contributed by atoms with Crippen LogP contribution in [0, 0.1) is 0 Å². The molecule has 0 amide bonds. The molecule has 0 saturated carbocycles. The molecule has 1 unspecified atom stereocenters. The summed E-state index contributed by atoms with van der Waals surface area (Å²) in [6, 6.07) is 19.4. The lowest BCUT2D eigenvalue weighted by molar-refractivity contribution is 0.767. The molecule has 0 aliphatic carbocycles. The first-order chi connectivity index (χ1) is 10.2. The fraction of sp³-hybridized carbons (Fsp3) is 0.167. The Labute approximate surface area is 125 Å². The molecule has 21 heavy (non-hydrogen) atoms. The Morgan fingerprint density at radius 2 is 1.62 bits per heavy atom. The van der Waals surface area contributed by atoms with Crippen molar-refractivity contribution in [2.45, 2.75) is 13.0 Å². The van der Waals surface area contributed by atoms with Crippen LogP contribution in [0.2, 0.25) is 0 Å². The van der Waals surface area contributed by atoms with E-state index in [0.717, 1.165) is 5.69 Å². The molecular weight excluding hydrogens is 258 g/mol. The first kappa shape index (κ1) is 13.4. The van der Waals surface area contributed by atoms with Gasteiger partial charge in [-0.1, -0.05) is 54.6 Å². The van der Waals surface area contributed by atoms with E-state index >= 15 is 0 Å². The van der Waals surface area contributed by atoms with Gasteiger partial charge in [0.25, 0.3) is 0 Å². The van der Waals surface area contributed by atoms with Gasteiger partial charge in [-0.3, -0.25) is 4.68 Å². The predicted octanol–water partition coefficient (Wildman–Crippen LogP) is 4.26.